The number of rotatable bonds is 7. The van der Waals surface area contributed by atoms with Gasteiger partial charge in [0, 0.05) is 48.7 Å². The molecule has 4 rings (SSSR count). The maximum absolute atomic E-state index is 14.0. The molecule has 1 amide bonds. The zero-order chi connectivity index (χ0) is 24.1. The molecule has 0 saturated carbocycles. The Balaban J connectivity index is 1.50. The first-order valence-corrected chi connectivity index (χ1v) is 11.0. The van der Waals surface area contributed by atoms with Crippen molar-refractivity contribution in [3.63, 3.8) is 0 Å². The van der Waals surface area contributed by atoms with Crippen molar-refractivity contribution in [3.05, 3.63) is 77.5 Å². The Bertz CT molecular complexity index is 1180. The molecule has 2 heterocycles. The van der Waals surface area contributed by atoms with Gasteiger partial charge in [-0.15, -0.1) is 0 Å². The lowest BCUT2D eigenvalue weighted by atomic mass is 10.1. The monoisotopic (exact) mass is 465 g/mol. The van der Waals surface area contributed by atoms with Crippen LogP contribution in [-0.2, 0) is 11.3 Å². The minimum atomic E-state index is -0.716. The van der Waals surface area contributed by atoms with Gasteiger partial charge in [-0.3, -0.25) is 9.59 Å². The van der Waals surface area contributed by atoms with Crippen molar-refractivity contribution in [1.82, 2.24) is 4.98 Å². The number of aromatic nitrogens is 1. The standard InChI is InChI=1S/C25H25F2N5O2/c26-21-5-3-6-22(27)19(21)13-29-23-12-24(30-14-20(23)25(28)34)31-16-7-9-17(10-8-16)32-11-2-1-4-18(33)15-32/h3,5-10,12,14H,1-2,4,11,13,15H2,(H2,28,34)(H2,29,30,31). The fourth-order valence-electron chi connectivity index (χ4n) is 3.87. The zero-order valence-corrected chi connectivity index (χ0v) is 18.5. The Morgan fingerprint density at radius 1 is 1.09 bits per heavy atom. The molecule has 4 N–H and O–H groups in total. The molecule has 0 aliphatic carbocycles. The van der Waals surface area contributed by atoms with E-state index >= 15 is 0 Å². The van der Waals surface area contributed by atoms with E-state index in [1.165, 1.54) is 24.4 Å². The summed E-state index contributed by atoms with van der Waals surface area (Å²) in [5.41, 5.74) is 7.40. The highest BCUT2D eigenvalue weighted by atomic mass is 19.1. The summed E-state index contributed by atoms with van der Waals surface area (Å²) in [6.45, 7) is 1.08. The average Bonchev–Trinajstić information content (AvgIpc) is 3.03. The summed E-state index contributed by atoms with van der Waals surface area (Å²) in [6, 6.07) is 12.8. The van der Waals surface area contributed by atoms with Gasteiger partial charge >= 0.3 is 0 Å². The molecule has 0 spiro atoms. The number of carbonyl (C=O) groups excluding carboxylic acids is 2. The highest BCUT2D eigenvalue weighted by Gasteiger charge is 2.16. The summed E-state index contributed by atoms with van der Waals surface area (Å²) in [7, 11) is 0. The van der Waals surface area contributed by atoms with E-state index in [9.17, 15) is 18.4 Å². The Morgan fingerprint density at radius 2 is 1.82 bits per heavy atom. The van der Waals surface area contributed by atoms with Crippen molar-refractivity contribution in [2.24, 2.45) is 5.73 Å². The molecule has 1 aliphatic heterocycles. The predicted molar refractivity (Wildman–Crippen MR) is 127 cm³/mol. The predicted octanol–water partition coefficient (Wildman–Crippen LogP) is 4.37. The average molecular weight is 466 g/mol. The number of nitrogens with one attached hydrogen (secondary N) is 2. The van der Waals surface area contributed by atoms with Crippen LogP contribution in [0.5, 0.6) is 0 Å². The zero-order valence-electron chi connectivity index (χ0n) is 18.5. The lowest BCUT2D eigenvalue weighted by molar-refractivity contribution is -0.117. The Hall–Kier alpha value is -4.01. The molecule has 34 heavy (non-hydrogen) atoms. The maximum Gasteiger partial charge on any atom is 0.252 e. The van der Waals surface area contributed by atoms with Crippen LogP contribution in [0.4, 0.5) is 31.7 Å². The van der Waals surface area contributed by atoms with Gasteiger partial charge < -0.3 is 21.3 Å². The molecule has 7 nitrogen and oxygen atoms in total. The summed E-state index contributed by atoms with van der Waals surface area (Å²) in [5.74, 6) is -1.43. The van der Waals surface area contributed by atoms with Gasteiger partial charge in [0.25, 0.3) is 5.91 Å². The summed E-state index contributed by atoms with van der Waals surface area (Å²) in [6.07, 6.45) is 3.83. The first-order chi connectivity index (χ1) is 16.4. The van der Waals surface area contributed by atoms with Crippen LogP contribution in [0.1, 0.15) is 35.2 Å². The quantitative estimate of drug-likeness (QED) is 0.479. The van der Waals surface area contributed by atoms with E-state index in [4.69, 9.17) is 5.73 Å². The van der Waals surface area contributed by atoms with Crippen LogP contribution in [0.3, 0.4) is 0 Å². The van der Waals surface area contributed by atoms with Crippen molar-refractivity contribution < 1.29 is 18.4 Å². The second-order valence-electron chi connectivity index (χ2n) is 8.12. The smallest absolute Gasteiger partial charge is 0.252 e. The van der Waals surface area contributed by atoms with E-state index in [-0.39, 0.29) is 23.5 Å². The SMILES string of the molecule is NC(=O)c1cnc(Nc2ccc(N3CCCCC(=O)C3)cc2)cc1NCc1c(F)cccc1F. The maximum atomic E-state index is 14.0. The number of pyridine rings is 1. The van der Waals surface area contributed by atoms with Crippen LogP contribution in [0, 0.1) is 11.6 Å². The third kappa shape index (κ3) is 5.48. The fraction of sp³-hybridized carbons (Fsp3) is 0.240. The third-order valence-corrected chi connectivity index (χ3v) is 5.69. The lowest BCUT2D eigenvalue weighted by Gasteiger charge is -2.22. The molecule has 176 valence electrons. The number of primary amides is 1. The Labute approximate surface area is 196 Å². The minimum absolute atomic E-state index is 0.100. The molecule has 0 atom stereocenters. The number of nitrogens with zero attached hydrogens (tertiary/aromatic N) is 2. The van der Waals surface area contributed by atoms with Gasteiger partial charge in [0.05, 0.1) is 17.8 Å². The lowest BCUT2D eigenvalue weighted by Crippen LogP contribution is -2.28. The van der Waals surface area contributed by atoms with Gasteiger partial charge in [-0.25, -0.2) is 13.8 Å². The molecule has 1 fully saturated rings. The first-order valence-electron chi connectivity index (χ1n) is 11.0. The van der Waals surface area contributed by atoms with E-state index in [0.29, 0.717) is 24.5 Å². The number of ketones is 1. The van der Waals surface area contributed by atoms with Gasteiger partial charge in [-0.2, -0.15) is 0 Å². The Morgan fingerprint density at radius 3 is 2.53 bits per heavy atom. The number of Topliss-reactive ketones (excluding diaryl/α,β-unsaturated/α-hetero) is 1. The first kappa shape index (κ1) is 23.2. The number of anilines is 4. The molecule has 3 aromatic rings. The van der Waals surface area contributed by atoms with Gasteiger partial charge in [0.15, 0.2) is 5.78 Å². The van der Waals surface area contributed by atoms with Gasteiger partial charge in [0.1, 0.15) is 17.5 Å². The number of benzene rings is 2. The number of hydrogen-bond acceptors (Lipinski definition) is 6. The molecular weight excluding hydrogens is 440 g/mol. The van der Waals surface area contributed by atoms with Crippen LogP contribution < -0.4 is 21.3 Å². The van der Waals surface area contributed by atoms with E-state index in [1.807, 2.05) is 24.3 Å². The normalized spacial score (nSPS) is 13.9. The molecular formula is C25H25F2N5O2. The van der Waals surface area contributed by atoms with E-state index in [2.05, 4.69) is 20.5 Å². The van der Waals surface area contributed by atoms with Crippen LogP contribution in [0.2, 0.25) is 0 Å². The second-order valence-corrected chi connectivity index (χ2v) is 8.12. The van der Waals surface area contributed by atoms with Crippen molar-refractivity contribution in [3.8, 4) is 0 Å². The molecule has 1 aromatic heterocycles. The van der Waals surface area contributed by atoms with Gasteiger partial charge in [0.2, 0.25) is 0 Å². The topological polar surface area (TPSA) is 100 Å². The largest absolute Gasteiger partial charge is 0.380 e. The van der Waals surface area contributed by atoms with E-state index in [0.717, 1.165) is 30.8 Å². The summed E-state index contributed by atoms with van der Waals surface area (Å²) in [5, 5.41) is 6.03. The van der Waals surface area contributed by atoms with Crippen molar-refractivity contribution in [1.29, 1.82) is 0 Å². The van der Waals surface area contributed by atoms with E-state index in [1.54, 1.807) is 6.07 Å². The number of carbonyl (C=O) groups is 2. The van der Waals surface area contributed by atoms with Gasteiger partial charge in [-0.1, -0.05) is 6.07 Å². The van der Waals surface area contributed by atoms with Crippen molar-refractivity contribution in [2.45, 2.75) is 25.8 Å². The molecule has 0 unspecified atom stereocenters. The molecule has 1 aliphatic rings. The van der Waals surface area contributed by atoms with Crippen LogP contribution in [0.15, 0.2) is 54.7 Å². The summed E-state index contributed by atoms with van der Waals surface area (Å²) >= 11 is 0. The Kier molecular flexibility index (Phi) is 7.01. The molecule has 2 aromatic carbocycles. The summed E-state index contributed by atoms with van der Waals surface area (Å²) < 4.78 is 27.9. The second kappa shape index (κ2) is 10.3. The number of hydrogen-bond donors (Lipinski definition) is 3. The number of amides is 1. The van der Waals surface area contributed by atoms with Crippen molar-refractivity contribution >= 4 is 34.6 Å². The van der Waals surface area contributed by atoms with Gasteiger partial charge in [-0.05, 0) is 49.2 Å². The van der Waals surface area contributed by atoms with Crippen LogP contribution in [0.25, 0.3) is 0 Å². The molecule has 0 bridgehead atoms. The van der Waals surface area contributed by atoms with Crippen molar-refractivity contribution in [2.75, 3.05) is 28.6 Å². The highest BCUT2D eigenvalue weighted by Crippen LogP contribution is 2.25. The molecule has 1 saturated heterocycles. The summed E-state index contributed by atoms with van der Waals surface area (Å²) in [4.78, 5) is 30.0. The van der Waals surface area contributed by atoms with Crippen LogP contribution >= 0.6 is 0 Å². The third-order valence-electron chi connectivity index (χ3n) is 5.69. The fourth-order valence-corrected chi connectivity index (χ4v) is 3.87. The highest BCUT2D eigenvalue weighted by molar-refractivity contribution is 5.98. The van der Waals surface area contributed by atoms with E-state index < -0.39 is 17.5 Å². The van der Waals surface area contributed by atoms with Crippen LogP contribution in [-0.4, -0.2) is 29.8 Å². The number of halogens is 2. The molecule has 0 radical (unpaired) electrons. The minimum Gasteiger partial charge on any atom is -0.380 e. The molecule has 9 heteroatoms. The number of nitrogens with two attached hydrogens (primary N) is 1.